The van der Waals surface area contributed by atoms with Crippen molar-refractivity contribution < 1.29 is 14.3 Å². The molecule has 0 amide bonds. The van der Waals surface area contributed by atoms with Crippen LogP contribution in [0.15, 0.2) is 47.4 Å². The number of nitrogens with one attached hydrogen (secondary N) is 1. The normalized spacial score (nSPS) is 18.8. The topological polar surface area (TPSA) is 51.3 Å². The van der Waals surface area contributed by atoms with E-state index in [9.17, 15) is 4.79 Å². The molecule has 0 radical (unpaired) electrons. The maximum atomic E-state index is 11.8. The molecule has 4 nitrogen and oxygen atoms in total. The molecule has 0 bridgehead atoms. The van der Waals surface area contributed by atoms with Gasteiger partial charge in [0, 0.05) is 29.1 Å². The number of esters is 1. The molecule has 1 atom stereocenters. The number of ether oxygens (including phenoxy) is 2. The summed E-state index contributed by atoms with van der Waals surface area (Å²) in [5.41, 5.74) is 5.51. The number of benzene rings is 2. The summed E-state index contributed by atoms with van der Waals surface area (Å²) in [6.45, 7) is 4.05. The van der Waals surface area contributed by atoms with E-state index >= 15 is 0 Å². The van der Waals surface area contributed by atoms with Crippen LogP contribution >= 0.6 is 11.8 Å². The molecule has 1 unspecified atom stereocenters. The van der Waals surface area contributed by atoms with E-state index in [1.165, 1.54) is 33.9 Å². The second kappa shape index (κ2) is 7.64. The zero-order valence-electron chi connectivity index (χ0n) is 16.5. The summed E-state index contributed by atoms with van der Waals surface area (Å²) in [4.78, 5) is 16.6. The lowest BCUT2D eigenvalue weighted by Crippen LogP contribution is -2.39. The van der Waals surface area contributed by atoms with Crippen molar-refractivity contribution in [2.75, 3.05) is 12.9 Å². The number of carbonyl (C=O) groups excluding carboxylic acids is 1. The van der Waals surface area contributed by atoms with Crippen molar-refractivity contribution in [1.29, 1.82) is 0 Å². The second-order valence-electron chi connectivity index (χ2n) is 7.13. The first-order valence-corrected chi connectivity index (χ1v) is 10.9. The molecule has 0 saturated heterocycles. The van der Waals surface area contributed by atoms with Gasteiger partial charge in [0.25, 0.3) is 5.79 Å². The Bertz CT molecular complexity index is 1010. The zero-order chi connectivity index (χ0) is 19.7. The number of hydrogen-bond donors (Lipinski definition) is 1. The molecule has 0 fully saturated rings. The van der Waals surface area contributed by atoms with Crippen LogP contribution in [0.4, 0.5) is 0 Å². The zero-order valence-corrected chi connectivity index (χ0v) is 17.3. The third-order valence-corrected chi connectivity index (χ3v) is 6.03. The molecule has 146 valence electrons. The van der Waals surface area contributed by atoms with E-state index in [0.717, 1.165) is 24.1 Å². The fourth-order valence-corrected chi connectivity index (χ4v) is 4.59. The molecule has 0 spiro atoms. The standard InChI is InChI=1S/C23H25NO3S/c1-4-13-23(27-15(2)25)22-19(12-14-26-23)21-18(6-5-7-20(21)24-22)16-8-10-17(28-3)11-9-16/h5-11,24H,4,12-14H2,1-3H3. The number of rotatable bonds is 5. The SMILES string of the molecule is CCCC1(OC(C)=O)OCCc2c1[nH]c1cccc(-c3ccc(SC)cc3)c21. The fourth-order valence-electron chi connectivity index (χ4n) is 4.18. The molecular weight excluding hydrogens is 370 g/mol. The lowest BCUT2D eigenvalue weighted by Gasteiger charge is -2.36. The first-order chi connectivity index (χ1) is 13.6. The molecule has 1 aromatic heterocycles. The number of carbonyl (C=O) groups is 1. The van der Waals surface area contributed by atoms with Crippen LogP contribution < -0.4 is 0 Å². The van der Waals surface area contributed by atoms with Crippen molar-refractivity contribution in [2.45, 2.75) is 43.8 Å². The highest BCUT2D eigenvalue weighted by atomic mass is 32.2. The Morgan fingerprint density at radius 1 is 1.25 bits per heavy atom. The van der Waals surface area contributed by atoms with Gasteiger partial charge in [0.1, 0.15) is 0 Å². The van der Waals surface area contributed by atoms with Gasteiger partial charge < -0.3 is 14.5 Å². The van der Waals surface area contributed by atoms with Crippen LogP contribution in [0.25, 0.3) is 22.0 Å². The number of thioether (sulfide) groups is 1. The van der Waals surface area contributed by atoms with Gasteiger partial charge in [-0.15, -0.1) is 11.8 Å². The van der Waals surface area contributed by atoms with E-state index < -0.39 is 5.79 Å². The predicted molar refractivity (Wildman–Crippen MR) is 114 cm³/mol. The smallest absolute Gasteiger partial charge is 0.305 e. The Labute approximate surface area is 169 Å². The minimum atomic E-state index is -1.02. The largest absolute Gasteiger partial charge is 0.427 e. The van der Waals surface area contributed by atoms with Gasteiger partial charge in [-0.3, -0.25) is 4.79 Å². The lowest BCUT2D eigenvalue weighted by atomic mass is 9.93. The molecule has 5 heteroatoms. The van der Waals surface area contributed by atoms with E-state index in [4.69, 9.17) is 9.47 Å². The van der Waals surface area contributed by atoms with Crippen LogP contribution in [0.1, 0.15) is 37.9 Å². The highest BCUT2D eigenvalue weighted by Crippen LogP contribution is 2.43. The molecule has 0 saturated carbocycles. The summed E-state index contributed by atoms with van der Waals surface area (Å²) >= 11 is 1.74. The minimum Gasteiger partial charge on any atom is -0.427 e. The van der Waals surface area contributed by atoms with Gasteiger partial charge in [-0.05, 0) is 54.0 Å². The fraction of sp³-hybridized carbons (Fsp3) is 0.348. The summed E-state index contributed by atoms with van der Waals surface area (Å²) in [6.07, 6.45) is 4.36. The van der Waals surface area contributed by atoms with Gasteiger partial charge in [-0.1, -0.05) is 31.2 Å². The van der Waals surface area contributed by atoms with Gasteiger partial charge >= 0.3 is 5.97 Å². The molecule has 0 aliphatic carbocycles. The van der Waals surface area contributed by atoms with Crippen molar-refractivity contribution in [2.24, 2.45) is 0 Å². The van der Waals surface area contributed by atoms with Crippen molar-refractivity contribution in [3.63, 3.8) is 0 Å². The molecule has 1 aliphatic heterocycles. The molecule has 1 N–H and O–H groups in total. The Kier molecular flexibility index (Phi) is 5.21. The average Bonchev–Trinajstić information content (AvgIpc) is 3.08. The quantitative estimate of drug-likeness (QED) is 0.448. The number of H-pyrrole nitrogens is 1. The van der Waals surface area contributed by atoms with Crippen molar-refractivity contribution >= 4 is 28.6 Å². The summed E-state index contributed by atoms with van der Waals surface area (Å²) < 4.78 is 11.8. The van der Waals surface area contributed by atoms with Crippen molar-refractivity contribution in [1.82, 2.24) is 4.98 Å². The van der Waals surface area contributed by atoms with E-state index in [0.29, 0.717) is 13.0 Å². The van der Waals surface area contributed by atoms with Crippen molar-refractivity contribution in [3.05, 3.63) is 53.7 Å². The number of fused-ring (bicyclic) bond motifs is 3. The highest BCUT2D eigenvalue weighted by Gasteiger charge is 2.43. The molecular formula is C23H25NO3S. The molecule has 28 heavy (non-hydrogen) atoms. The van der Waals surface area contributed by atoms with Crippen LogP contribution in [0.5, 0.6) is 0 Å². The number of aromatic nitrogens is 1. The molecule has 3 aromatic rings. The van der Waals surface area contributed by atoms with E-state index in [1.807, 2.05) is 0 Å². The van der Waals surface area contributed by atoms with E-state index in [2.05, 4.69) is 60.6 Å². The van der Waals surface area contributed by atoms with Crippen LogP contribution in [-0.2, 0) is 26.5 Å². The summed E-state index contributed by atoms with van der Waals surface area (Å²) in [5.74, 6) is -1.35. The summed E-state index contributed by atoms with van der Waals surface area (Å²) in [7, 11) is 0. The highest BCUT2D eigenvalue weighted by molar-refractivity contribution is 7.98. The first kappa shape index (κ1) is 19.1. The lowest BCUT2D eigenvalue weighted by molar-refractivity contribution is -0.247. The summed E-state index contributed by atoms with van der Waals surface area (Å²) in [6, 6.07) is 15.0. The van der Waals surface area contributed by atoms with Crippen molar-refractivity contribution in [3.8, 4) is 11.1 Å². The third kappa shape index (κ3) is 3.23. The second-order valence-corrected chi connectivity index (χ2v) is 8.01. The van der Waals surface area contributed by atoms with Gasteiger partial charge in [-0.25, -0.2) is 0 Å². The number of aromatic amines is 1. The van der Waals surface area contributed by atoms with Crippen LogP contribution in [-0.4, -0.2) is 23.8 Å². The maximum Gasteiger partial charge on any atom is 0.305 e. The summed E-state index contributed by atoms with van der Waals surface area (Å²) in [5, 5.41) is 1.20. The third-order valence-electron chi connectivity index (χ3n) is 5.28. The van der Waals surface area contributed by atoms with Crippen LogP contribution in [0.3, 0.4) is 0 Å². The Morgan fingerprint density at radius 3 is 2.71 bits per heavy atom. The molecule has 1 aliphatic rings. The first-order valence-electron chi connectivity index (χ1n) is 9.70. The van der Waals surface area contributed by atoms with E-state index in [1.54, 1.807) is 11.8 Å². The monoisotopic (exact) mass is 395 g/mol. The predicted octanol–water partition coefficient (Wildman–Crippen LogP) is 5.65. The van der Waals surface area contributed by atoms with Gasteiger partial charge in [0.2, 0.25) is 0 Å². The number of hydrogen-bond acceptors (Lipinski definition) is 4. The molecule has 4 rings (SSSR count). The van der Waals surface area contributed by atoms with E-state index in [-0.39, 0.29) is 5.97 Å². The van der Waals surface area contributed by atoms with Gasteiger partial charge in [0.15, 0.2) is 0 Å². The maximum absolute atomic E-state index is 11.8. The Hall–Kier alpha value is -2.24. The van der Waals surface area contributed by atoms with Gasteiger partial charge in [-0.2, -0.15) is 0 Å². The van der Waals surface area contributed by atoms with Crippen LogP contribution in [0.2, 0.25) is 0 Å². The average molecular weight is 396 g/mol. The molecule has 2 aromatic carbocycles. The minimum absolute atomic E-state index is 0.326. The van der Waals surface area contributed by atoms with Crippen LogP contribution in [0, 0.1) is 0 Å². The molecule has 2 heterocycles. The Balaban J connectivity index is 1.91. The van der Waals surface area contributed by atoms with Gasteiger partial charge in [0.05, 0.1) is 12.3 Å². The Morgan fingerprint density at radius 2 is 2.04 bits per heavy atom.